The van der Waals surface area contributed by atoms with Crippen LogP contribution in [0.15, 0.2) is 36.9 Å². The van der Waals surface area contributed by atoms with E-state index in [4.69, 9.17) is 5.73 Å². The smallest absolute Gasteiger partial charge is 0.380 e. The Morgan fingerprint density at radius 1 is 1.23 bits per heavy atom. The second kappa shape index (κ2) is 9.34. The van der Waals surface area contributed by atoms with E-state index in [1.807, 2.05) is 37.5 Å². The fraction of sp³-hybridized carbons (Fsp3) is 0.381. The van der Waals surface area contributed by atoms with Crippen molar-refractivity contribution in [1.82, 2.24) is 20.3 Å². The summed E-state index contributed by atoms with van der Waals surface area (Å²) < 4.78 is 37.0. The van der Waals surface area contributed by atoms with E-state index in [-0.39, 0.29) is 18.4 Å². The molecular formula is C21H25F3N6O. The van der Waals surface area contributed by atoms with Gasteiger partial charge in [0.1, 0.15) is 12.2 Å². The lowest BCUT2D eigenvalue weighted by molar-refractivity contribution is -0.138. The predicted octanol–water partition coefficient (Wildman–Crippen LogP) is 3.59. The molecule has 0 radical (unpaired) electrons. The van der Waals surface area contributed by atoms with Crippen LogP contribution >= 0.6 is 0 Å². The van der Waals surface area contributed by atoms with E-state index >= 15 is 0 Å². The number of aromatic amines is 1. The van der Waals surface area contributed by atoms with Crippen LogP contribution in [-0.2, 0) is 11.3 Å². The molecule has 0 aliphatic rings. The van der Waals surface area contributed by atoms with Gasteiger partial charge in [-0.2, -0.15) is 13.2 Å². The molecule has 31 heavy (non-hydrogen) atoms. The summed E-state index contributed by atoms with van der Waals surface area (Å²) in [5, 5.41) is 6.06. The van der Waals surface area contributed by atoms with Gasteiger partial charge in [-0.25, -0.2) is 4.98 Å². The summed E-state index contributed by atoms with van der Waals surface area (Å²) in [6.45, 7) is 2.82. The standard InChI is InChI=1S/C21H25F3N6O/c1-12(2)18(5-19(31)29-11-21(22,23)24)30-15-4-14(8-26-9-15)17-10-28-20-16(17)3-13(6-25)7-27-20/h3-4,7-10,12,18,30H,5-6,11,25H2,1-2H3,(H,27,28)(H,29,31). The van der Waals surface area contributed by atoms with E-state index in [1.165, 1.54) is 0 Å². The number of amides is 1. The van der Waals surface area contributed by atoms with Crippen molar-refractivity contribution in [2.45, 2.75) is 39.0 Å². The van der Waals surface area contributed by atoms with Crippen molar-refractivity contribution in [2.24, 2.45) is 11.7 Å². The highest BCUT2D eigenvalue weighted by Gasteiger charge is 2.28. The Morgan fingerprint density at radius 2 is 2.00 bits per heavy atom. The van der Waals surface area contributed by atoms with Gasteiger partial charge < -0.3 is 21.4 Å². The number of anilines is 1. The molecule has 0 aliphatic heterocycles. The number of carbonyl (C=O) groups excluding carboxylic acids is 1. The molecule has 3 rings (SSSR count). The van der Waals surface area contributed by atoms with Gasteiger partial charge in [-0.15, -0.1) is 0 Å². The number of nitrogens with one attached hydrogen (secondary N) is 3. The number of rotatable bonds is 8. The molecule has 0 saturated heterocycles. The fourth-order valence-corrected chi connectivity index (χ4v) is 3.20. The number of H-pyrrole nitrogens is 1. The first kappa shape index (κ1) is 22.5. The van der Waals surface area contributed by atoms with Crippen molar-refractivity contribution in [3.8, 4) is 11.1 Å². The average molecular weight is 434 g/mol. The molecule has 0 aromatic carbocycles. The zero-order valence-electron chi connectivity index (χ0n) is 17.3. The molecule has 3 heterocycles. The molecule has 1 unspecified atom stereocenters. The quantitative estimate of drug-likeness (QED) is 0.433. The van der Waals surface area contributed by atoms with Crippen LogP contribution in [0.3, 0.4) is 0 Å². The van der Waals surface area contributed by atoms with Crippen molar-refractivity contribution in [2.75, 3.05) is 11.9 Å². The third-order valence-electron chi connectivity index (χ3n) is 4.92. The Morgan fingerprint density at radius 3 is 2.68 bits per heavy atom. The largest absolute Gasteiger partial charge is 0.405 e. The summed E-state index contributed by atoms with van der Waals surface area (Å²) in [7, 11) is 0. The molecule has 0 saturated carbocycles. The van der Waals surface area contributed by atoms with Crippen LogP contribution in [-0.4, -0.2) is 39.6 Å². The monoisotopic (exact) mass is 434 g/mol. The third kappa shape index (κ3) is 5.94. The molecule has 5 N–H and O–H groups in total. The Labute approximate surface area is 177 Å². The van der Waals surface area contributed by atoms with Crippen LogP contribution in [0, 0.1) is 5.92 Å². The lowest BCUT2D eigenvalue weighted by Crippen LogP contribution is -2.38. The molecule has 10 heteroatoms. The lowest BCUT2D eigenvalue weighted by Gasteiger charge is -2.23. The van der Waals surface area contributed by atoms with Gasteiger partial charge in [-0.1, -0.05) is 13.8 Å². The number of hydrogen-bond donors (Lipinski definition) is 4. The van der Waals surface area contributed by atoms with E-state index in [0.717, 1.165) is 27.7 Å². The van der Waals surface area contributed by atoms with Gasteiger partial charge in [0.25, 0.3) is 0 Å². The lowest BCUT2D eigenvalue weighted by atomic mass is 9.99. The van der Waals surface area contributed by atoms with Crippen molar-refractivity contribution < 1.29 is 18.0 Å². The maximum absolute atomic E-state index is 12.3. The Hall–Kier alpha value is -3.14. The van der Waals surface area contributed by atoms with Crippen LogP contribution in [0.5, 0.6) is 0 Å². The zero-order chi connectivity index (χ0) is 22.6. The highest BCUT2D eigenvalue weighted by atomic mass is 19.4. The second-order valence-electron chi connectivity index (χ2n) is 7.70. The molecular weight excluding hydrogens is 409 g/mol. The van der Waals surface area contributed by atoms with Gasteiger partial charge in [0.05, 0.1) is 5.69 Å². The van der Waals surface area contributed by atoms with Gasteiger partial charge >= 0.3 is 6.18 Å². The molecule has 1 amide bonds. The van der Waals surface area contributed by atoms with Crippen LogP contribution in [0.25, 0.3) is 22.2 Å². The van der Waals surface area contributed by atoms with Crippen molar-refractivity contribution in [3.63, 3.8) is 0 Å². The molecule has 1 atom stereocenters. The van der Waals surface area contributed by atoms with Crippen LogP contribution in [0.2, 0.25) is 0 Å². The van der Waals surface area contributed by atoms with Gasteiger partial charge in [0.15, 0.2) is 0 Å². The number of hydrogen-bond acceptors (Lipinski definition) is 5. The molecule has 166 valence electrons. The molecule has 0 aliphatic carbocycles. The maximum atomic E-state index is 12.3. The number of nitrogens with two attached hydrogens (primary N) is 1. The highest BCUT2D eigenvalue weighted by molar-refractivity contribution is 5.94. The minimum Gasteiger partial charge on any atom is -0.380 e. The van der Waals surface area contributed by atoms with Crippen molar-refractivity contribution >= 4 is 22.6 Å². The summed E-state index contributed by atoms with van der Waals surface area (Å²) in [5.41, 5.74) is 9.75. The number of nitrogens with zero attached hydrogens (tertiary/aromatic N) is 2. The topological polar surface area (TPSA) is 109 Å². The van der Waals surface area contributed by atoms with Crippen LogP contribution in [0.1, 0.15) is 25.8 Å². The van der Waals surface area contributed by atoms with Crippen LogP contribution in [0.4, 0.5) is 18.9 Å². The van der Waals surface area contributed by atoms with Gasteiger partial charge in [-0.3, -0.25) is 9.78 Å². The summed E-state index contributed by atoms with van der Waals surface area (Å²) in [5.74, 6) is -0.658. The van der Waals surface area contributed by atoms with E-state index in [1.54, 1.807) is 18.6 Å². The first-order valence-electron chi connectivity index (χ1n) is 9.87. The number of aromatic nitrogens is 3. The average Bonchev–Trinajstić information content (AvgIpc) is 3.14. The summed E-state index contributed by atoms with van der Waals surface area (Å²) in [4.78, 5) is 23.7. The molecule has 0 bridgehead atoms. The number of halogens is 3. The maximum Gasteiger partial charge on any atom is 0.405 e. The third-order valence-corrected chi connectivity index (χ3v) is 4.92. The van der Waals surface area contributed by atoms with Gasteiger partial charge in [-0.05, 0) is 23.6 Å². The molecule has 3 aromatic rings. The Bertz CT molecular complexity index is 1050. The minimum absolute atomic E-state index is 0.00435. The second-order valence-corrected chi connectivity index (χ2v) is 7.70. The SMILES string of the molecule is CC(C)C(CC(=O)NCC(F)(F)F)Nc1cncc(-c2c[nH]c3ncc(CN)cc23)c1. The molecule has 0 fully saturated rings. The first-order chi connectivity index (χ1) is 14.7. The van der Waals surface area contributed by atoms with Crippen molar-refractivity contribution in [1.29, 1.82) is 0 Å². The molecule has 7 nitrogen and oxygen atoms in total. The van der Waals surface area contributed by atoms with E-state index in [2.05, 4.69) is 20.3 Å². The zero-order valence-corrected chi connectivity index (χ0v) is 17.3. The number of pyridine rings is 2. The normalized spacial score (nSPS) is 12.9. The van der Waals surface area contributed by atoms with Gasteiger partial charge in [0.2, 0.25) is 5.91 Å². The molecule has 3 aromatic heterocycles. The Balaban J connectivity index is 1.78. The van der Waals surface area contributed by atoms with Gasteiger partial charge in [0, 0.05) is 60.3 Å². The highest BCUT2D eigenvalue weighted by Crippen LogP contribution is 2.29. The number of alkyl halides is 3. The van der Waals surface area contributed by atoms with E-state index in [0.29, 0.717) is 12.2 Å². The predicted molar refractivity (Wildman–Crippen MR) is 113 cm³/mol. The van der Waals surface area contributed by atoms with Crippen LogP contribution < -0.4 is 16.4 Å². The van der Waals surface area contributed by atoms with Crippen molar-refractivity contribution in [3.05, 3.63) is 42.5 Å². The van der Waals surface area contributed by atoms with E-state index in [9.17, 15) is 18.0 Å². The summed E-state index contributed by atoms with van der Waals surface area (Å²) >= 11 is 0. The number of fused-ring (bicyclic) bond motifs is 1. The fourth-order valence-electron chi connectivity index (χ4n) is 3.20. The summed E-state index contributed by atoms with van der Waals surface area (Å²) in [6.07, 6.45) is 2.36. The Kier molecular flexibility index (Phi) is 6.79. The number of carbonyl (C=O) groups is 1. The first-order valence-corrected chi connectivity index (χ1v) is 9.87. The summed E-state index contributed by atoms with van der Waals surface area (Å²) in [6, 6.07) is 3.49. The minimum atomic E-state index is -4.44. The molecule has 0 spiro atoms. The van der Waals surface area contributed by atoms with E-state index < -0.39 is 18.6 Å².